The number of rotatable bonds is 4. The number of carbonyl (C=O) groups excluding carboxylic acids is 1. The van der Waals surface area contributed by atoms with E-state index in [0.717, 1.165) is 50.4 Å². The van der Waals surface area contributed by atoms with E-state index in [1.807, 2.05) is 41.0 Å². The van der Waals surface area contributed by atoms with Gasteiger partial charge in [-0.1, -0.05) is 36.4 Å². The van der Waals surface area contributed by atoms with Gasteiger partial charge in [0.05, 0.1) is 24.1 Å². The molecule has 0 aliphatic carbocycles. The molecule has 1 N–H and O–H groups in total. The minimum Gasteiger partial charge on any atom is -0.491 e. The van der Waals surface area contributed by atoms with Gasteiger partial charge in [-0.15, -0.1) is 0 Å². The molecule has 0 fully saturated rings. The summed E-state index contributed by atoms with van der Waals surface area (Å²) in [6, 6.07) is 20.9. The van der Waals surface area contributed by atoms with Crippen LogP contribution in [0.3, 0.4) is 0 Å². The highest BCUT2D eigenvalue weighted by Gasteiger charge is 2.27. The van der Waals surface area contributed by atoms with Crippen LogP contribution in [0.5, 0.6) is 5.75 Å². The second-order valence-electron chi connectivity index (χ2n) is 9.60. The lowest BCUT2D eigenvalue weighted by atomic mass is 9.98. The summed E-state index contributed by atoms with van der Waals surface area (Å²) < 4.78 is 6.15. The topological polar surface area (TPSA) is 61.5 Å². The van der Waals surface area contributed by atoms with Crippen molar-refractivity contribution in [3.05, 3.63) is 83.2 Å². The SMILES string of the molecule is Cc1nc2ccc(-c3cc(C)c4c(c3)CN(C(=O)N(Cc3ccccc3)C(C)C)CCO4)cc2[nH]1. The van der Waals surface area contributed by atoms with Gasteiger partial charge in [0.2, 0.25) is 0 Å². The number of H-pyrrole nitrogens is 1. The number of amides is 2. The summed E-state index contributed by atoms with van der Waals surface area (Å²) in [4.78, 5) is 25.4. The third kappa shape index (κ3) is 4.74. The van der Waals surface area contributed by atoms with Crippen molar-refractivity contribution in [3.8, 4) is 16.9 Å². The van der Waals surface area contributed by atoms with Crippen molar-refractivity contribution in [2.45, 2.75) is 46.8 Å². The Hall–Kier alpha value is -3.80. The Morgan fingerprint density at radius 1 is 1.09 bits per heavy atom. The molecule has 5 rings (SSSR count). The lowest BCUT2D eigenvalue weighted by Crippen LogP contribution is -2.46. The van der Waals surface area contributed by atoms with Gasteiger partial charge in [-0.25, -0.2) is 9.78 Å². The quantitative estimate of drug-likeness (QED) is 0.395. The summed E-state index contributed by atoms with van der Waals surface area (Å²) in [6.07, 6.45) is 0. The van der Waals surface area contributed by atoms with Gasteiger partial charge in [0.1, 0.15) is 18.2 Å². The van der Waals surface area contributed by atoms with Gasteiger partial charge in [0.25, 0.3) is 0 Å². The summed E-state index contributed by atoms with van der Waals surface area (Å²) >= 11 is 0. The van der Waals surface area contributed by atoms with Crippen molar-refractivity contribution < 1.29 is 9.53 Å². The van der Waals surface area contributed by atoms with E-state index in [2.05, 4.69) is 67.1 Å². The van der Waals surface area contributed by atoms with Crippen molar-refractivity contribution in [1.29, 1.82) is 0 Å². The van der Waals surface area contributed by atoms with Crippen molar-refractivity contribution >= 4 is 17.1 Å². The van der Waals surface area contributed by atoms with Gasteiger partial charge in [0, 0.05) is 18.2 Å². The number of aromatic amines is 1. The molecule has 1 aromatic heterocycles. The molecule has 0 saturated carbocycles. The number of carbonyl (C=O) groups is 1. The number of nitrogens with one attached hydrogen (secondary N) is 1. The molecule has 6 nitrogen and oxygen atoms in total. The van der Waals surface area contributed by atoms with Crippen LogP contribution in [0.4, 0.5) is 4.79 Å². The van der Waals surface area contributed by atoms with Crippen molar-refractivity contribution in [2.75, 3.05) is 13.2 Å². The normalized spacial score (nSPS) is 13.5. The Kier molecular flexibility index (Phi) is 6.20. The van der Waals surface area contributed by atoms with E-state index in [1.165, 1.54) is 0 Å². The average Bonchev–Trinajstić information content (AvgIpc) is 3.07. The van der Waals surface area contributed by atoms with Gasteiger partial charge in [-0.2, -0.15) is 0 Å². The number of fused-ring (bicyclic) bond motifs is 2. The Balaban J connectivity index is 1.44. The van der Waals surface area contributed by atoms with Gasteiger partial charge in [-0.3, -0.25) is 0 Å². The minimum atomic E-state index is 0.0395. The van der Waals surface area contributed by atoms with Crippen LogP contribution in [-0.2, 0) is 13.1 Å². The zero-order chi connectivity index (χ0) is 24.5. The molecule has 0 atom stereocenters. The van der Waals surface area contributed by atoms with Crippen LogP contribution in [0.15, 0.2) is 60.7 Å². The number of hydrogen-bond acceptors (Lipinski definition) is 3. The number of nitrogens with zero attached hydrogens (tertiary/aromatic N) is 3. The van der Waals surface area contributed by atoms with Crippen LogP contribution in [-0.4, -0.2) is 45.0 Å². The third-order valence-electron chi connectivity index (χ3n) is 6.59. The standard InChI is InChI=1S/C29H32N4O2/c1-19(2)33(17-22-8-6-5-7-9-22)29(34)32-12-13-35-28-20(3)14-24(15-25(28)18-32)23-10-11-26-27(16-23)31-21(4)30-26/h5-11,14-16,19H,12-13,17-18H2,1-4H3,(H,30,31). The molecule has 180 valence electrons. The molecule has 1 aliphatic rings. The molecule has 2 amide bonds. The number of imidazole rings is 1. The number of urea groups is 1. The van der Waals surface area contributed by atoms with Crippen LogP contribution >= 0.6 is 0 Å². The number of benzene rings is 3. The molecule has 4 aromatic rings. The number of aryl methyl sites for hydroxylation is 2. The third-order valence-corrected chi connectivity index (χ3v) is 6.59. The van der Waals surface area contributed by atoms with E-state index >= 15 is 0 Å². The lowest BCUT2D eigenvalue weighted by Gasteiger charge is -2.32. The number of ether oxygens (including phenoxy) is 1. The van der Waals surface area contributed by atoms with Crippen molar-refractivity contribution in [1.82, 2.24) is 19.8 Å². The first-order valence-corrected chi connectivity index (χ1v) is 12.2. The largest absolute Gasteiger partial charge is 0.491 e. The molecule has 35 heavy (non-hydrogen) atoms. The van der Waals surface area contributed by atoms with Crippen LogP contribution in [0.1, 0.15) is 36.4 Å². The van der Waals surface area contributed by atoms with E-state index in [0.29, 0.717) is 26.2 Å². The van der Waals surface area contributed by atoms with Crippen LogP contribution in [0.2, 0.25) is 0 Å². The average molecular weight is 469 g/mol. The first kappa shape index (κ1) is 23.0. The maximum atomic E-state index is 13.7. The fourth-order valence-electron chi connectivity index (χ4n) is 4.79. The highest BCUT2D eigenvalue weighted by atomic mass is 16.5. The Morgan fingerprint density at radius 2 is 1.89 bits per heavy atom. The van der Waals surface area contributed by atoms with E-state index < -0.39 is 0 Å². The van der Waals surface area contributed by atoms with Crippen LogP contribution < -0.4 is 4.74 Å². The molecule has 0 unspecified atom stereocenters. The minimum absolute atomic E-state index is 0.0395. The maximum Gasteiger partial charge on any atom is 0.320 e. The molecule has 2 heterocycles. The summed E-state index contributed by atoms with van der Waals surface area (Å²) in [5, 5.41) is 0. The molecule has 0 bridgehead atoms. The molecule has 0 saturated heterocycles. The molecular weight excluding hydrogens is 436 g/mol. The highest BCUT2D eigenvalue weighted by Crippen LogP contribution is 2.34. The first-order valence-electron chi connectivity index (χ1n) is 12.2. The van der Waals surface area contributed by atoms with Crippen molar-refractivity contribution in [3.63, 3.8) is 0 Å². The fourth-order valence-corrected chi connectivity index (χ4v) is 4.79. The Labute approximate surface area is 206 Å². The molecule has 0 spiro atoms. The molecule has 6 heteroatoms. The number of hydrogen-bond donors (Lipinski definition) is 1. The van der Waals surface area contributed by atoms with Gasteiger partial charge < -0.3 is 19.5 Å². The monoisotopic (exact) mass is 468 g/mol. The Morgan fingerprint density at radius 3 is 2.66 bits per heavy atom. The predicted octanol–water partition coefficient (Wildman–Crippen LogP) is 6.07. The zero-order valence-corrected chi connectivity index (χ0v) is 20.8. The first-order chi connectivity index (χ1) is 16.9. The smallest absolute Gasteiger partial charge is 0.320 e. The second-order valence-corrected chi connectivity index (χ2v) is 9.60. The maximum absolute atomic E-state index is 13.7. The van der Waals surface area contributed by atoms with E-state index in [4.69, 9.17) is 4.74 Å². The van der Waals surface area contributed by atoms with Gasteiger partial charge in [-0.05, 0) is 74.2 Å². The summed E-state index contributed by atoms with van der Waals surface area (Å²) in [6.45, 7) is 10.3. The lowest BCUT2D eigenvalue weighted by molar-refractivity contribution is 0.130. The number of aromatic nitrogens is 2. The highest BCUT2D eigenvalue weighted by molar-refractivity contribution is 5.82. The van der Waals surface area contributed by atoms with E-state index in [1.54, 1.807) is 0 Å². The van der Waals surface area contributed by atoms with E-state index in [-0.39, 0.29) is 12.1 Å². The molecular formula is C29H32N4O2. The summed E-state index contributed by atoms with van der Waals surface area (Å²) in [7, 11) is 0. The zero-order valence-electron chi connectivity index (χ0n) is 20.8. The second kappa shape index (κ2) is 9.45. The van der Waals surface area contributed by atoms with E-state index in [9.17, 15) is 4.79 Å². The van der Waals surface area contributed by atoms with Gasteiger partial charge >= 0.3 is 6.03 Å². The Bertz CT molecular complexity index is 1360. The predicted molar refractivity (Wildman–Crippen MR) is 139 cm³/mol. The van der Waals surface area contributed by atoms with Crippen molar-refractivity contribution in [2.24, 2.45) is 0 Å². The molecule has 1 aliphatic heterocycles. The molecule has 0 radical (unpaired) electrons. The van der Waals surface area contributed by atoms with Crippen LogP contribution in [0, 0.1) is 13.8 Å². The fraction of sp³-hybridized carbons (Fsp3) is 0.310. The molecule has 3 aromatic carbocycles. The van der Waals surface area contributed by atoms with Gasteiger partial charge in [0.15, 0.2) is 0 Å². The summed E-state index contributed by atoms with van der Waals surface area (Å²) in [5.41, 5.74) is 7.45. The summed E-state index contributed by atoms with van der Waals surface area (Å²) in [5.74, 6) is 1.80. The van der Waals surface area contributed by atoms with Crippen LogP contribution in [0.25, 0.3) is 22.2 Å².